The molecule has 5 heteroatoms. The lowest BCUT2D eigenvalue weighted by atomic mass is 10.1. The molecule has 0 bridgehead atoms. The van der Waals surface area contributed by atoms with Crippen LogP contribution in [-0.4, -0.2) is 9.78 Å². The van der Waals surface area contributed by atoms with Gasteiger partial charge in [-0.15, -0.1) is 12.4 Å². The predicted octanol–water partition coefficient (Wildman–Crippen LogP) is 2.62. The first-order chi connectivity index (χ1) is 7.22. The Kier molecular flexibility index (Phi) is 4.35. The maximum Gasteiger partial charge on any atom is 0.0594 e. The molecule has 2 rings (SSSR count). The van der Waals surface area contributed by atoms with E-state index in [2.05, 4.69) is 5.10 Å². The standard InChI is InChI=1S/C11H12ClN3.ClH/c1-15-11(6-13)10(7-14-15)8-3-2-4-9(12)5-8;/h2-5,7H,6,13H2,1H3;1H. The number of nitrogens with two attached hydrogens (primary N) is 1. The Morgan fingerprint density at radius 1 is 1.44 bits per heavy atom. The Bertz CT molecular complexity index is 480. The van der Waals surface area contributed by atoms with Crippen molar-refractivity contribution < 1.29 is 0 Å². The van der Waals surface area contributed by atoms with Crippen molar-refractivity contribution in [3.05, 3.63) is 41.2 Å². The lowest BCUT2D eigenvalue weighted by Gasteiger charge is -2.03. The first kappa shape index (κ1) is 13.0. The number of rotatable bonds is 2. The summed E-state index contributed by atoms with van der Waals surface area (Å²) in [5.41, 5.74) is 8.78. The van der Waals surface area contributed by atoms with Crippen LogP contribution >= 0.6 is 24.0 Å². The van der Waals surface area contributed by atoms with Gasteiger partial charge in [0.2, 0.25) is 0 Å². The Labute approximate surface area is 106 Å². The van der Waals surface area contributed by atoms with Gasteiger partial charge < -0.3 is 5.73 Å². The molecule has 2 N–H and O–H groups in total. The zero-order chi connectivity index (χ0) is 10.8. The second-order valence-corrected chi connectivity index (χ2v) is 3.78. The van der Waals surface area contributed by atoms with Crippen LogP contribution in [0.25, 0.3) is 11.1 Å². The van der Waals surface area contributed by atoms with E-state index < -0.39 is 0 Å². The highest BCUT2D eigenvalue weighted by atomic mass is 35.5. The van der Waals surface area contributed by atoms with Crippen molar-refractivity contribution in [3.8, 4) is 11.1 Å². The van der Waals surface area contributed by atoms with E-state index in [1.807, 2.05) is 37.5 Å². The number of nitrogens with zero attached hydrogens (tertiary/aromatic N) is 2. The predicted molar refractivity (Wildman–Crippen MR) is 68.8 cm³/mol. The van der Waals surface area contributed by atoms with Gasteiger partial charge in [0, 0.05) is 24.2 Å². The molecule has 0 unspecified atom stereocenters. The molecule has 0 aliphatic rings. The van der Waals surface area contributed by atoms with Crippen LogP contribution in [0.4, 0.5) is 0 Å². The quantitative estimate of drug-likeness (QED) is 0.899. The van der Waals surface area contributed by atoms with Gasteiger partial charge in [-0.05, 0) is 17.7 Å². The van der Waals surface area contributed by atoms with E-state index in [-0.39, 0.29) is 12.4 Å². The number of aromatic nitrogens is 2. The smallest absolute Gasteiger partial charge is 0.0594 e. The van der Waals surface area contributed by atoms with Crippen LogP contribution in [-0.2, 0) is 13.6 Å². The summed E-state index contributed by atoms with van der Waals surface area (Å²) in [4.78, 5) is 0. The summed E-state index contributed by atoms with van der Waals surface area (Å²) < 4.78 is 1.79. The highest BCUT2D eigenvalue weighted by Crippen LogP contribution is 2.25. The Morgan fingerprint density at radius 3 is 2.81 bits per heavy atom. The van der Waals surface area contributed by atoms with Crippen molar-refractivity contribution in [1.82, 2.24) is 9.78 Å². The van der Waals surface area contributed by atoms with E-state index in [0.29, 0.717) is 6.54 Å². The van der Waals surface area contributed by atoms with Gasteiger partial charge in [-0.3, -0.25) is 4.68 Å². The third kappa shape index (κ3) is 2.38. The molecule has 86 valence electrons. The van der Waals surface area contributed by atoms with Crippen LogP contribution in [0.2, 0.25) is 5.02 Å². The zero-order valence-electron chi connectivity index (χ0n) is 8.85. The van der Waals surface area contributed by atoms with E-state index in [1.54, 1.807) is 4.68 Å². The highest BCUT2D eigenvalue weighted by Gasteiger charge is 2.08. The normalized spacial score (nSPS) is 9.94. The SMILES string of the molecule is Cl.Cn1ncc(-c2cccc(Cl)c2)c1CN. The number of halogens is 2. The molecule has 0 amide bonds. The van der Waals surface area contributed by atoms with Gasteiger partial charge in [0.05, 0.1) is 11.9 Å². The van der Waals surface area contributed by atoms with E-state index >= 15 is 0 Å². The average Bonchev–Trinajstić information content (AvgIpc) is 2.59. The maximum atomic E-state index is 5.94. The average molecular weight is 258 g/mol. The Hall–Kier alpha value is -1.03. The molecule has 2 aromatic rings. The molecular weight excluding hydrogens is 245 g/mol. The molecule has 0 atom stereocenters. The lowest BCUT2D eigenvalue weighted by Crippen LogP contribution is -2.05. The summed E-state index contributed by atoms with van der Waals surface area (Å²) in [6.45, 7) is 0.471. The summed E-state index contributed by atoms with van der Waals surface area (Å²) in [6, 6.07) is 7.69. The van der Waals surface area contributed by atoms with E-state index in [0.717, 1.165) is 21.8 Å². The number of aryl methyl sites for hydroxylation is 1. The first-order valence-electron chi connectivity index (χ1n) is 4.69. The topological polar surface area (TPSA) is 43.8 Å². The fourth-order valence-electron chi connectivity index (χ4n) is 1.60. The van der Waals surface area contributed by atoms with Gasteiger partial charge >= 0.3 is 0 Å². The summed E-state index contributed by atoms with van der Waals surface area (Å²) >= 11 is 5.94. The van der Waals surface area contributed by atoms with Crippen molar-refractivity contribution >= 4 is 24.0 Å². The van der Waals surface area contributed by atoms with Crippen molar-refractivity contribution in [2.24, 2.45) is 12.8 Å². The fraction of sp³-hybridized carbons (Fsp3) is 0.182. The van der Waals surface area contributed by atoms with Gasteiger partial charge in [-0.2, -0.15) is 5.10 Å². The van der Waals surface area contributed by atoms with Crippen molar-refractivity contribution in [2.45, 2.75) is 6.54 Å². The molecule has 0 saturated carbocycles. The molecule has 1 aromatic carbocycles. The molecule has 0 saturated heterocycles. The van der Waals surface area contributed by atoms with Crippen molar-refractivity contribution in [3.63, 3.8) is 0 Å². The van der Waals surface area contributed by atoms with Crippen LogP contribution < -0.4 is 5.73 Å². The molecule has 1 heterocycles. The van der Waals surface area contributed by atoms with Crippen LogP contribution in [0, 0.1) is 0 Å². The van der Waals surface area contributed by atoms with Gasteiger partial charge in [-0.25, -0.2) is 0 Å². The number of hydrogen-bond donors (Lipinski definition) is 1. The molecule has 1 aromatic heterocycles. The molecular formula is C11H13Cl2N3. The number of benzene rings is 1. The first-order valence-corrected chi connectivity index (χ1v) is 5.07. The van der Waals surface area contributed by atoms with Crippen LogP contribution in [0.3, 0.4) is 0 Å². The minimum Gasteiger partial charge on any atom is -0.325 e. The summed E-state index contributed by atoms with van der Waals surface area (Å²) in [7, 11) is 1.89. The molecule has 0 radical (unpaired) electrons. The summed E-state index contributed by atoms with van der Waals surface area (Å²) in [5.74, 6) is 0. The third-order valence-electron chi connectivity index (χ3n) is 2.39. The molecule has 3 nitrogen and oxygen atoms in total. The van der Waals surface area contributed by atoms with Gasteiger partial charge in [-0.1, -0.05) is 23.7 Å². The second kappa shape index (κ2) is 5.34. The Balaban J connectivity index is 0.00000128. The second-order valence-electron chi connectivity index (χ2n) is 3.34. The lowest BCUT2D eigenvalue weighted by molar-refractivity contribution is 0.713. The minimum absolute atomic E-state index is 0. The van der Waals surface area contributed by atoms with Gasteiger partial charge in [0.25, 0.3) is 0 Å². The van der Waals surface area contributed by atoms with Crippen molar-refractivity contribution in [2.75, 3.05) is 0 Å². The molecule has 0 spiro atoms. The summed E-state index contributed by atoms with van der Waals surface area (Å²) in [6.07, 6.45) is 1.81. The molecule has 0 aliphatic heterocycles. The van der Waals surface area contributed by atoms with E-state index in [9.17, 15) is 0 Å². The van der Waals surface area contributed by atoms with Crippen LogP contribution in [0.5, 0.6) is 0 Å². The van der Waals surface area contributed by atoms with Crippen molar-refractivity contribution in [1.29, 1.82) is 0 Å². The zero-order valence-corrected chi connectivity index (χ0v) is 10.4. The highest BCUT2D eigenvalue weighted by molar-refractivity contribution is 6.30. The van der Waals surface area contributed by atoms with E-state index in [4.69, 9.17) is 17.3 Å². The largest absolute Gasteiger partial charge is 0.325 e. The van der Waals surface area contributed by atoms with Gasteiger partial charge in [0.1, 0.15) is 0 Å². The van der Waals surface area contributed by atoms with Gasteiger partial charge in [0.15, 0.2) is 0 Å². The maximum absolute atomic E-state index is 5.94. The Morgan fingerprint density at radius 2 is 2.19 bits per heavy atom. The molecule has 16 heavy (non-hydrogen) atoms. The third-order valence-corrected chi connectivity index (χ3v) is 2.63. The number of hydrogen-bond acceptors (Lipinski definition) is 2. The molecule has 0 fully saturated rings. The molecule has 0 aliphatic carbocycles. The van der Waals surface area contributed by atoms with E-state index in [1.165, 1.54) is 0 Å². The monoisotopic (exact) mass is 257 g/mol. The minimum atomic E-state index is 0. The van der Waals surface area contributed by atoms with Crippen LogP contribution in [0.15, 0.2) is 30.5 Å². The fourth-order valence-corrected chi connectivity index (χ4v) is 1.79. The summed E-state index contributed by atoms with van der Waals surface area (Å²) in [5, 5.41) is 4.91. The van der Waals surface area contributed by atoms with Crippen LogP contribution in [0.1, 0.15) is 5.69 Å².